The van der Waals surface area contributed by atoms with Crippen LogP contribution in [0.15, 0.2) is 12.2 Å². The lowest BCUT2D eigenvalue weighted by atomic mass is 10.1. The van der Waals surface area contributed by atoms with Gasteiger partial charge in [-0.15, -0.1) is 0 Å². The van der Waals surface area contributed by atoms with Gasteiger partial charge in [0.25, 0.3) is 11.8 Å². The van der Waals surface area contributed by atoms with Crippen LogP contribution in [0, 0.1) is 0 Å². The van der Waals surface area contributed by atoms with Crippen LogP contribution in [0.3, 0.4) is 0 Å². The molecule has 0 aromatic rings. The van der Waals surface area contributed by atoms with Crippen molar-refractivity contribution in [2.24, 2.45) is 5.73 Å². The maximum Gasteiger partial charge on any atom is 0.253 e. The van der Waals surface area contributed by atoms with Gasteiger partial charge in [-0.1, -0.05) is 6.42 Å². The summed E-state index contributed by atoms with van der Waals surface area (Å²) < 4.78 is 0. The number of imide groups is 1. The van der Waals surface area contributed by atoms with Crippen LogP contribution >= 0.6 is 0 Å². The van der Waals surface area contributed by atoms with Crippen LogP contribution in [0.4, 0.5) is 0 Å². The van der Waals surface area contributed by atoms with Crippen molar-refractivity contribution in [1.82, 2.24) is 15.5 Å². The van der Waals surface area contributed by atoms with Crippen LogP contribution in [0.1, 0.15) is 51.9 Å². The van der Waals surface area contributed by atoms with Crippen LogP contribution in [0.5, 0.6) is 0 Å². The highest BCUT2D eigenvalue weighted by atomic mass is 16.2. The summed E-state index contributed by atoms with van der Waals surface area (Å²) >= 11 is 0. The Morgan fingerprint density at radius 3 is 2.30 bits per heavy atom. The van der Waals surface area contributed by atoms with E-state index in [1.807, 2.05) is 0 Å². The first-order chi connectivity index (χ1) is 12.8. The van der Waals surface area contributed by atoms with E-state index in [0.717, 1.165) is 6.42 Å². The Morgan fingerprint density at radius 2 is 1.70 bits per heavy atom. The molecule has 9 nitrogen and oxygen atoms in total. The maximum atomic E-state index is 11.7. The SMILES string of the molecule is CC(=O)N[C@@H](CCCCNC(=O)CCCCCN1C(=O)C=CC1=O)C(N)=O. The normalized spacial score (nSPS) is 14.3. The molecular weight excluding hydrogens is 352 g/mol. The fraction of sp³-hybridized carbons (Fsp3) is 0.611. The zero-order valence-electron chi connectivity index (χ0n) is 15.7. The predicted octanol–water partition coefficient (Wildman–Crippen LogP) is -0.252. The van der Waals surface area contributed by atoms with Gasteiger partial charge in [-0.3, -0.25) is 28.9 Å². The van der Waals surface area contributed by atoms with Crippen molar-refractivity contribution in [2.75, 3.05) is 13.1 Å². The van der Waals surface area contributed by atoms with Crippen molar-refractivity contribution in [2.45, 2.75) is 57.9 Å². The molecule has 0 fully saturated rings. The summed E-state index contributed by atoms with van der Waals surface area (Å²) in [6, 6.07) is -0.678. The molecule has 0 aromatic heterocycles. The van der Waals surface area contributed by atoms with E-state index in [2.05, 4.69) is 10.6 Å². The first-order valence-electron chi connectivity index (χ1n) is 9.18. The molecule has 1 atom stereocenters. The van der Waals surface area contributed by atoms with Gasteiger partial charge >= 0.3 is 0 Å². The third-order valence-corrected chi connectivity index (χ3v) is 4.15. The summed E-state index contributed by atoms with van der Waals surface area (Å²) in [4.78, 5) is 57.8. The second-order valence-electron chi connectivity index (χ2n) is 6.47. The molecule has 0 saturated carbocycles. The first kappa shape index (κ1) is 22.3. The van der Waals surface area contributed by atoms with Gasteiger partial charge < -0.3 is 16.4 Å². The highest BCUT2D eigenvalue weighted by Gasteiger charge is 2.22. The van der Waals surface area contributed by atoms with Gasteiger partial charge in [0.2, 0.25) is 17.7 Å². The van der Waals surface area contributed by atoms with E-state index in [4.69, 9.17) is 5.73 Å². The van der Waals surface area contributed by atoms with Crippen LogP contribution < -0.4 is 16.4 Å². The van der Waals surface area contributed by atoms with E-state index in [1.54, 1.807) is 0 Å². The summed E-state index contributed by atoms with van der Waals surface area (Å²) in [5, 5.41) is 5.30. The van der Waals surface area contributed by atoms with Gasteiger partial charge in [0.05, 0.1) is 0 Å². The van der Waals surface area contributed by atoms with E-state index in [-0.39, 0.29) is 23.6 Å². The average Bonchev–Trinajstić information content (AvgIpc) is 2.91. The molecule has 0 bridgehead atoms. The summed E-state index contributed by atoms with van der Waals surface area (Å²) in [7, 11) is 0. The summed E-state index contributed by atoms with van der Waals surface area (Å²) in [5.41, 5.74) is 5.22. The van der Waals surface area contributed by atoms with Crippen molar-refractivity contribution in [3.05, 3.63) is 12.2 Å². The molecule has 150 valence electrons. The highest BCUT2D eigenvalue weighted by Crippen LogP contribution is 2.07. The molecule has 0 radical (unpaired) electrons. The lowest BCUT2D eigenvalue weighted by Gasteiger charge is -2.14. The molecule has 1 heterocycles. The van der Waals surface area contributed by atoms with E-state index in [1.165, 1.54) is 24.0 Å². The second kappa shape index (κ2) is 11.8. The van der Waals surface area contributed by atoms with Crippen LogP contribution in [-0.2, 0) is 24.0 Å². The smallest absolute Gasteiger partial charge is 0.253 e. The topological polar surface area (TPSA) is 139 Å². The molecule has 1 aliphatic rings. The Morgan fingerprint density at radius 1 is 1.04 bits per heavy atom. The predicted molar refractivity (Wildman–Crippen MR) is 98.0 cm³/mol. The van der Waals surface area contributed by atoms with Gasteiger partial charge in [0.15, 0.2) is 0 Å². The zero-order chi connectivity index (χ0) is 20.2. The molecule has 27 heavy (non-hydrogen) atoms. The van der Waals surface area contributed by atoms with Gasteiger partial charge in [-0.2, -0.15) is 0 Å². The van der Waals surface area contributed by atoms with E-state index in [0.29, 0.717) is 51.6 Å². The van der Waals surface area contributed by atoms with Crippen LogP contribution in [-0.4, -0.2) is 53.6 Å². The zero-order valence-corrected chi connectivity index (χ0v) is 15.7. The Bertz CT molecular complexity index is 585. The summed E-state index contributed by atoms with van der Waals surface area (Å²) in [6.45, 7) is 2.20. The quantitative estimate of drug-likeness (QED) is 0.299. The largest absolute Gasteiger partial charge is 0.368 e. The van der Waals surface area contributed by atoms with Gasteiger partial charge in [-0.25, -0.2) is 0 Å². The molecule has 1 aliphatic heterocycles. The number of nitrogens with two attached hydrogens (primary N) is 1. The second-order valence-corrected chi connectivity index (χ2v) is 6.47. The molecule has 0 unspecified atom stereocenters. The number of hydrogen-bond donors (Lipinski definition) is 3. The van der Waals surface area contributed by atoms with Gasteiger partial charge in [0, 0.05) is 38.6 Å². The number of primary amides is 1. The maximum absolute atomic E-state index is 11.7. The van der Waals surface area contributed by atoms with Gasteiger partial charge in [0.1, 0.15) is 6.04 Å². The van der Waals surface area contributed by atoms with Gasteiger partial charge in [-0.05, 0) is 32.1 Å². The molecule has 0 saturated heterocycles. The molecule has 9 heteroatoms. The van der Waals surface area contributed by atoms with Crippen molar-refractivity contribution < 1.29 is 24.0 Å². The fourth-order valence-corrected chi connectivity index (χ4v) is 2.70. The number of hydrogen-bond acceptors (Lipinski definition) is 5. The molecule has 0 spiro atoms. The number of nitrogens with one attached hydrogen (secondary N) is 2. The number of unbranched alkanes of at least 4 members (excludes halogenated alkanes) is 3. The molecule has 4 N–H and O–H groups in total. The number of rotatable bonds is 13. The lowest BCUT2D eigenvalue weighted by molar-refractivity contribution is -0.137. The van der Waals surface area contributed by atoms with Crippen molar-refractivity contribution >= 4 is 29.5 Å². The Balaban J connectivity index is 2.02. The molecule has 5 amide bonds. The fourth-order valence-electron chi connectivity index (χ4n) is 2.70. The third kappa shape index (κ3) is 8.98. The minimum Gasteiger partial charge on any atom is -0.368 e. The van der Waals surface area contributed by atoms with Crippen molar-refractivity contribution in [3.8, 4) is 0 Å². The highest BCUT2D eigenvalue weighted by molar-refractivity contribution is 6.12. The summed E-state index contributed by atoms with van der Waals surface area (Å²) in [5.74, 6) is -1.49. The third-order valence-electron chi connectivity index (χ3n) is 4.15. The van der Waals surface area contributed by atoms with Crippen LogP contribution in [0.25, 0.3) is 0 Å². The average molecular weight is 380 g/mol. The minimum atomic E-state index is -0.678. The minimum absolute atomic E-state index is 0.0571. The first-order valence-corrected chi connectivity index (χ1v) is 9.18. The Hall–Kier alpha value is -2.71. The Kier molecular flexibility index (Phi) is 9.78. The summed E-state index contributed by atoms with van der Waals surface area (Å²) in [6.07, 6.45) is 6.79. The standard InChI is InChI=1S/C18H28N4O5/c1-13(23)21-14(18(19)27)7-4-5-11-20-15(24)8-3-2-6-12-22-16(25)9-10-17(22)26/h9-10,14H,2-8,11-12H2,1H3,(H2,19,27)(H,20,24)(H,21,23)/t14-/m0/s1. The molecule has 1 rings (SSSR count). The number of carbonyl (C=O) groups excluding carboxylic acids is 5. The molecular formula is C18H28N4O5. The lowest BCUT2D eigenvalue weighted by Crippen LogP contribution is -2.43. The van der Waals surface area contributed by atoms with Crippen LogP contribution in [0.2, 0.25) is 0 Å². The number of carbonyl (C=O) groups is 5. The monoisotopic (exact) mass is 380 g/mol. The molecule has 0 aromatic carbocycles. The van der Waals surface area contributed by atoms with Crippen molar-refractivity contribution in [3.63, 3.8) is 0 Å². The number of amides is 5. The number of nitrogens with zero attached hydrogens (tertiary/aromatic N) is 1. The van der Waals surface area contributed by atoms with E-state index < -0.39 is 11.9 Å². The Labute approximate surface area is 158 Å². The van der Waals surface area contributed by atoms with E-state index in [9.17, 15) is 24.0 Å². The molecule has 0 aliphatic carbocycles. The van der Waals surface area contributed by atoms with E-state index >= 15 is 0 Å². The van der Waals surface area contributed by atoms with Crippen molar-refractivity contribution in [1.29, 1.82) is 0 Å².